The van der Waals surface area contributed by atoms with Crippen LogP contribution in [0.5, 0.6) is 0 Å². The second-order valence-electron chi connectivity index (χ2n) is 2.96. The van der Waals surface area contributed by atoms with Crippen molar-refractivity contribution < 1.29 is 5.48 Å². The monoisotopic (exact) mass is 178 g/mol. The molecule has 0 saturated carbocycles. The summed E-state index contributed by atoms with van der Waals surface area (Å²) in [5.74, 6) is 0. The van der Waals surface area contributed by atoms with Gasteiger partial charge in [0.1, 0.15) is 0 Å². The Balaban J connectivity index is 0.00000144. The summed E-state index contributed by atoms with van der Waals surface area (Å²) in [6.07, 6.45) is 8.21. The van der Waals surface area contributed by atoms with Crippen molar-refractivity contribution in [1.29, 1.82) is 0 Å². The summed E-state index contributed by atoms with van der Waals surface area (Å²) in [4.78, 5) is 0. The van der Waals surface area contributed by atoms with Crippen LogP contribution in [-0.4, -0.2) is 5.48 Å². The van der Waals surface area contributed by atoms with Crippen molar-refractivity contribution >= 4 is 6.08 Å². The molecule has 0 heterocycles. The molecule has 0 aromatic heterocycles. The number of unbranched alkanes of at least 4 members (excludes halogenated alkanes) is 2. The van der Waals surface area contributed by atoms with Crippen molar-refractivity contribution in [3.8, 4) is 0 Å². The van der Waals surface area contributed by atoms with Gasteiger partial charge in [-0.15, -0.1) is 0 Å². The molecule has 0 fully saturated rings. The van der Waals surface area contributed by atoms with Gasteiger partial charge in [0.2, 0.25) is 0 Å². The van der Waals surface area contributed by atoms with Crippen LogP contribution in [-0.2, 0) is 0 Å². The van der Waals surface area contributed by atoms with E-state index < -0.39 is 0 Å². The Kier molecular flexibility index (Phi) is 6.93. The third kappa shape index (κ3) is 5.21. The van der Waals surface area contributed by atoms with Crippen molar-refractivity contribution in [2.24, 2.45) is 0 Å². The summed E-state index contributed by atoms with van der Waals surface area (Å²) >= 11 is 0. The van der Waals surface area contributed by atoms with E-state index in [1.807, 2.05) is 6.07 Å². The minimum Gasteiger partial charge on any atom is -0.412 e. The van der Waals surface area contributed by atoms with Gasteiger partial charge in [0, 0.05) is 0 Å². The van der Waals surface area contributed by atoms with E-state index in [1.165, 1.54) is 24.8 Å². The van der Waals surface area contributed by atoms with Crippen LogP contribution in [0.15, 0.2) is 36.4 Å². The molecule has 13 heavy (non-hydrogen) atoms. The largest absolute Gasteiger partial charge is 0.412 e. The minimum absolute atomic E-state index is 0. The van der Waals surface area contributed by atoms with Crippen LogP contribution < -0.4 is 0 Å². The number of benzene rings is 1. The number of hydrogen-bond donors (Lipinski definition) is 0. The second-order valence-corrected chi connectivity index (χ2v) is 2.96. The Labute approximate surface area is 80.4 Å². The Morgan fingerprint density at radius 1 is 1.15 bits per heavy atom. The lowest BCUT2D eigenvalue weighted by Gasteiger charge is -1.91. The fourth-order valence-corrected chi connectivity index (χ4v) is 1.11. The highest BCUT2D eigenvalue weighted by Gasteiger charge is 1.81. The lowest BCUT2D eigenvalue weighted by Crippen LogP contribution is -1.69. The lowest BCUT2D eigenvalue weighted by molar-refractivity contribution is 0.816. The van der Waals surface area contributed by atoms with Crippen LogP contribution in [0.4, 0.5) is 0 Å². The van der Waals surface area contributed by atoms with Gasteiger partial charge >= 0.3 is 0 Å². The highest BCUT2D eigenvalue weighted by Crippen LogP contribution is 2.03. The van der Waals surface area contributed by atoms with Crippen molar-refractivity contribution in [1.82, 2.24) is 0 Å². The second kappa shape index (κ2) is 7.56. The minimum atomic E-state index is 0. The zero-order valence-corrected chi connectivity index (χ0v) is 8.16. The van der Waals surface area contributed by atoms with Gasteiger partial charge in [-0.25, -0.2) is 0 Å². The van der Waals surface area contributed by atoms with E-state index >= 15 is 0 Å². The molecule has 0 saturated heterocycles. The van der Waals surface area contributed by atoms with Crippen molar-refractivity contribution in [3.05, 3.63) is 42.0 Å². The summed E-state index contributed by atoms with van der Waals surface area (Å²) < 4.78 is 0. The predicted octanol–water partition coefficient (Wildman–Crippen LogP) is 3.07. The van der Waals surface area contributed by atoms with Crippen LogP contribution in [0.25, 0.3) is 6.08 Å². The maximum Gasteiger partial charge on any atom is -0.0260 e. The average molecular weight is 178 g/mol. The molecule has 1 aromatic carbocycles. The van der Waals surface area contributed by atoms with Crippen LogP contribution in [0.3, 0.4) is 0 Å². The Morgan fingerprint density at radius 3 is 2.46 bits per heavy atom. The average Bonchev–Trinajstić information content (AvgIpc) is 2.14. The molecule has 0 spiro atoms. The van der Waals surface area contributed by atoms with Crippen LogP contribution in [0, 0.1) is 0 Å². The highest BCUT2D eigenvalue weighted by molar-refractivity contribution is 5.48. The number of hydrogen-bond acceptors (Lipinski definition) is 0. The molecule has 1 heteroatoms. The van der Waals surface area contributed by atoms with E-state index in [0.29, 0.717) is 0 Å². The van der Waals surface area contributed by atoms with Crippen molar-refractivity contribution in [2.75, 3.05) is 0 Å². The smallest absolute Gasteiger partial charge is 0.0260 e. The summed E-state index contributed by atoms with van der Waals surface area (Å²) in [6.45, 7) is 2.22. The molecule has 0 radical (unpaired) electrons. The van der Waals surface area contributed by atoms with Crippen molar-refractivity contribution in [3.63, 3.8) is 0 Å². The zero-order chi connectivity index (χ0) is 8.65. The van der Waals surface area contributed by atoms with E-state index in [0.717, 1.165) is 0 Å². The molecule has 0 aliphatic carbocycles. The van der Waals surface area contributed by atoms with Gasteiger partial charge in [0.25, 0.3) is 0 Å². The quantitative estimate of drug-likeness (QED) is 0.635. The molecule has 0 amide bonds. The van der Waals surface area contributed by atoms with E-state index in [9.17, 15) is 0 Å². The van der Waals surface area contributed by atoms with Gasteiger partial charge in [-0.3, -0.25) is 0 Å². The highest BCUT2D eigenvalue weighted by atomic mass is 16.0. The molecule has 0 aliphatic heterocycles. The number of rotatable bonds is 4. The SMILES string of the molecule is CCCCC=Cc1ccccc1.O. The first-order chi connectivity index (χ1) is 5.93. The standard InChI is InChI=1S/C12H16.H2O/c1-2-3-4-6-9-12-10-7-5-8-11-12;/h5-11H,2-4H2,1H3;1H2. The van der Waals surface area contributed by atoms with Gasteiger partial charge in [-0.2, -0.15) is 0 Å². The summed E-state index contributed by atoms with van der Waals surface area (Å²) in [6, 6.07) is 10.4. The third-order valence-corrected chi connectivity index (χ3v) is 1.83. The molecule has 1 nitrogen and oxygen atoms in total. The molecular formula is C12H18O. The van der Waals surface area contributed by atoms with Gasteiger partial charge in [-0.1, -0.05) is 62.2 Å². The van der Waals surface area contributed by atoms with Crippen LogP contribution in [0.2, 0.25) is 0 Å². The van der Waals surface area contributed by atoms with Gasteiger partial charge < -0.3 is 5.48 Å². The van der Waals surface area contributed by atoms with Gasteiger partial charge in [-0.05, 0) is 12.0 Å². The molecule has 72 valence electrons. The maximum atomic E-state index is 2.25. The van der Waals surface area contributed by atoms with Crippen LogP contribution in [0.1, 0.15) is 31.7 Å². The summed E-state index contributed by atoms with van der Waals surface area (Å²) in [5.41, 5.74) is 1.30. The topological polar surface area (TPSA) is 31.5 Å². The van der Waals surface area contributed by atoms with Crippen molar-refractivity contribution in [2.45, 2.75) is 26.2 Å². The first kappa shape index (κ1) is 11.9. The fourth-order valence-electron chi connectivity index (χ4n) is 1.11. The molecule has 2 N–H and O–H groups in total. The maximum absolute atomic E-state index is 2.25. The van der Waals surface area contributed by atoms with Crippen LogP contribution >= 0.6 is 0 Å². The Bertz CT molecular complexity index is 226. The fraction of sp³-hybridized carbons (Fsp3) is 0.333. The molecule has 0 aliphatic rings. The zero-order valence-electron chi connectivity index (χ0n) is 8.16. The molecular weight excluding hydrogens is 160 g/mol. The Hall–Kier alpha value is -1.08. The van der Waals surface area contributed by atoms with E-state index in [2.05, 4.69) is 43.3 Å². The molecule has 0 atom stereocenters. The lowest BCUT2D eigenvalue weighted by atomic mass is 10.2. The number of allylic oxidation sites excluding steroid dienone is 1. The molecule has 0 unspecified atom stereocenters. The molecule has 1 aromatic rings. The summed E-state index contributed by atoms with van der Waals surface area (Å²) in [7, 11) is 0. The van der Waals surface area contributed by atoms with Gasteiger partial charge in [0.15, 0.2) is 0 Å². The molecule has 0 bridgehead atoms. The van der Waals surface area contributed by atoms with E-state index in [4.69, 9.17) is 0 Å². The van der Waals surface area contributed by atoms with Gasteiger partial charge in [0.05, 0.1) is 0 Å². The normalized spacial score (nSPS) is 9.92. The molecule has 1 rings (SSSR count). The van der Waals surface area contributed by atoms with E-state index in [1.54, 1.807) is 0 Å². The van der Waals surface area contributed by atoms with E-state index in [-0.39, 0.29) is 5.48 Å². The Morgan fingerprint density at radius 2 is 1.85 bits per heavy atom. The predicted molar refractivity (Wildman–Crippen MR) is 58.6 cm³/mol. The summed E-state index contributed by atoms with van der Waals surface area (Å²) in [5, 5.41) is 0. The first-order valence-corrected chi connectivity index (χ1v) is 4.65. The first-order valence-electron chi connectivity index (χ1n) is 4.65. The third-order valence-electron chi connectivity index (χ3n) is 1.83.